The van der Waals surface area contributed by atoms with Crippen molar-refractivity contribution >= 4 is 21.9 Å². The van der Waals surface area contributed by atoms with E-state index in [4.69, 9.17) is 10.8 Å². The van der Waals surface area contributed by atoms with Crippen molar-refractivity contribution in [2.75, 3.05) is 0 Å². The predicted octanol–water partition coefficient (Wildman–Crippen LogP) is 0.131. The van der Waals surface area contributed by atoms with Crippen LogP contribution in [0.15, 0.2) is 23.1 Å². The molecule has 0 saturated carbocycles. The number of carboxylic acid groups (broad SMARTS) is 1. The summed E-state index contributed by atoms with van der Waals surface area (Å²) in [5.41, 5.74) is 5.16. The number of aryl methyl sites for hydroxylation is 1. The summed E-state index contributed by atoms with van der Waals surface area (Å²) >= 11 is 0. The third-order valence-corrected chi connectivity index (χ3v) is 4.20. The molecular formula is C12H15FN2O5S. The largest absolute Gasteiger partial charge is 0.480 e. The number of hydrogen-bond acceptors (Lipinski definition) is 4. The number of primary amides is 1. The Balaban J connectivity index is 2.97. The van der Waals surface area contributed by atoms with E-state index in [2.05, 4.69) is 0 Å². The summed E-state index contributed by atoms with van der Waals surface area (Å²) in [6, 6.07) is 1.70. The molecule has 116 valence electrons. The van der Waals surface area contributed by atoms with E-state index in [1.807, 2.05) is 4.72 Å². The number of nitrogens with one attached hydrogen (secondary N) is 1. The molecule has 1 aromatic carbocycles. The summed E-state index contributed by atoms with van der Waals surface area (Å²) < 4.78 is 39.3. The van der Waals surface area contributed by atoms with Gasteiger partial charge in [0, 0.05) is 6.42 Å². The number of carbonyl (C=O) groups excluding carboxylic acids is 1. The molecule has 1 atom stereocenters. The van der Waals surface area contributed by atoms with Gasteiger partial charge in [0.25, 0.3) is 0 Å². The molecule has 1 rings (SSSR count). The van der Waals surface area contributed by atoms with Crippen LogP contribution < -0.4 is 10.5 Å². The van der Waals surface area contributed by atoms with Crippen molar-refractivity contribution in [2.24, 2.45) is 5.73 Å². The average molecular weight is 318 g/mol. The van der Waals surface area contributed by atoms with Gasteiger partial charge in [0.2, 0.25) is 15.9 Å². The molecule has 9 heteroatoms. The number of carboxylic acids is 1. The first kappa shape index (κ1) is 17.1. The number of amides is 1. The van der Waals surface area contributed by atoms with E-state index < -0.39 is 38.7 Å². The number of benzene rings is 1. The highest BCUT2D eigenvalue weighted by atomic mass is 32.2. The van der Waals surface area contributed by atoms with Crippen molar-refractivity contribution in [2.45, 2.75) is 30.7 Å². The van der Waals surface area contributed by atoms with Crippen molar-refractivity contribution in [3.63, 3.8) is 0 Å². The van der Waals surface area contributed by atoms with Gasteiger partial charge in [0.15, 0.2) is 0 Å². The van der Waals surface area contributed by atoms with E-state index in [-0.39, 0.29) is 18.4 Å². The van der Waals surface area contributed by atoms with Gasteiger partial charge in [0.1, 0.15) is 11.9 Å². The summed E-state index contributed by atoms with van der Waals surface area (Å²) in [5, 5.41) is 8.94. The van der Waals surface area contributed by atoms with Crippen LogP contribution in [-0.4, -0.2) is 31.4 Å². The molecule has 21 heavy (non-hydrogen) atoms. The van der Waals surface area contributed by atoms with E-state index in [0.717, 1.165) is 12.1 Å². The van der Waals surface area contributed by atoms with Gasteiger partial charge in [-0.05, 0) is 31.0 Å². The Kier molecular flexibility index (Phi) is 5.39. The van der Waals surface area contributed by atoms with Crippen LogP contribution in [0.4, 0.5) is 4.39 Å². The fraction of sp³-hybridized carbons (Fsp3) is 0.333. The van der Waals surface area contributed by atoms with Crippen molar-refractivity contribution in [1.82, 2.24) is 4.72 Å². The maximum Gasteiger partial charge on any atom is 0.321 e. The van der Waals surface area contributed by atoms with E-state index in [1.165, 1.54) is 13.0 Å². The van der Waals surface area contributed by atoms with Gasteiger partial charge in [-0.2, -0.15) is 4.72 Å². The number of aliphatic carboxylic acids is 1. The quantitative estimate of drug-likeness (QED) is 0.658. The second-order valence-electron chi connectivity index (χ2n) is 4.43. The lowest BCUT2D eigenvalue weighted by Crippen LogP contribution is -2.41. The van der Waals surface area contributed by atoms with Crippen LogP contribution in [-0.2, 0) is 19.6 Å². The Morgan fingerprint density at radius 3 is 2.52 bits per heavy atom. The van der Waals surface area contributed by atoms with Crippen LogP contribution in [0, 0.1) is 12.7 Å². The maximum atomic E-state index is 13.4. The Morgan fingerprint density at radius 1 is 1.43 bits per heavy atom. The number of nitrogens with two attached hydrogens (primary N) is 1. The zero-order chi connectivity index (χ0) is 16.2. The summed E-state index contributed by atoms with van der Waals surface area (Å²) in [5.74, 6) is -2.92. The normalized spacial score (nSPS) is 12.9. The maximum absolute atomic E-state index is 13.4. The van der Waals surface area contributed by atoms with Crippen LogP contribution in [0.1, 0.15) is 18.4 Å². The smallest absolute Gasteiger partial charge is 0.321 e. The number of hydrogen-bond donors (Lipinski definition) is 3. The molecule has 0 fully saturated rings. The molecule has 0 aliphatic carbocycles. The van der Waals surface area contributed by atoms with E-state index in [1.54, 1.807) is 0 Å². The molecule has 0 aromatic heterocycles. The topological polar surface area (TPSA) is 127 Å². The third kappa shape index (κ3) is 4.80. The molecule has 0 spiro atoms. The van der Waals surface area contributed by atoms with Gasteiger partial charge in [-0.3, -0.25) is 9.59 Å². The standard InChI is InChI=1S/C12H15FN2O5S/c1-7-2-3-8(6-9(7)13)21(19,20)15-10(12(17)18)4-5-11(14)16/h2-3,6,10,15H,4-5H2,1H3,(H2,14,16)(H,17,18). The Hall–Kier alpha value is -2.00. The minimum atomic E-state index is -4.21. The monoisotopic (exact) mass is 318 g/mol. The highest BCUT2D eigenvalue weighted by Gasteiger charge is 2.26. The van der Waals surface area contributed by atoms with Crippen LogP contribution >= 0.6 is 0 Å². The third-order valence-electron chi connectivity index (χ3n) is 2.73. The number of carbonyl (C=O) groups is 2. The molecule has 0 aliphatic heterocycles. The number of rotatable bonds is 7. The van der Waals surface area contributed by atoms with Gasteiger partial charge in [-0.15, -0.1) is 0 Å². The highest BCUT2D eigenvalue weighted by molar-refractivity contribution is 7.89. The van der Waals surface area contributed by atoms with Crippen LogP contribution in [0.3, 0.4) is 0 Å². The van der Waals surface area contributed by atoms with Crippen LogP contribution in [0.2, 0.25) is 0 Å². The first-order valence-electron chi connectivity index (χ1n) is 5.93. The molecule has 1 unspecified atom stereocenters. The minimum Gasteiger partial charge on any atom is -0.480 e. The fourth-order valence-corrected chi connectivity index (χ4v) is 2.75. The SMILES string of the molecule is Cc1ccc(S(=O)(=O)NC(CCC(N)=O)C(=O)O)cc1F. The highest BCUT2D eigenvalue weighted by Crippen LogP contribution is 2.15. The van der Waals surface area contributed by atoms with Crippen molar-refractivity contribution in [1.29, 1.82) is 0 Å². The Morgan fingerprint density at radius 2 is 2.05 bits per heavy atom. The minimum absolute atomic E-state index is 0.262. The summed E-state index contributed by atoms with van der Waals surface area (Å²) in [7, 11) is -4.21. The molecule has 0 bridgehead atoms. The lowest BCUT2D eigenvalue weighted by atomic mass is 10.2. The van der Waals surface area contributed by atoms with Crippen LogP contribution in [0.25, 0.3) is 0 Å². The molecule has 4 N–H and O–H groups in total. The van der Waals surface area contributed by atoms with Crippen molar-refractivity contribution in [3.8, 4) is 0 Å². The zero-order valence-corrected chi connectivity index (χ0v) is 12.0. The Labute approximate surface area is 121 Å². The van der Waals surface area contributed by atoms with Gasteiger partial charge in [-0.1, -0.05) is 6.07 Å². The van der Waals surface area contributed by atoms with Crippen LogP contribution in [0.5, 0.6) is 0 Å². The first-order chi connectivity index (χ1) is 9.63. The van der Waals surface area contributed by atoms with E-state index in [9.17, 15) is 22.4 Å². The van der Waals surface area contributed by atoms with Crippen molar-refractivity contribution in [3.05, 3.63) is 29.6 Å². The predicted molar refractivity (Wildman–Crippen MR) is 71.3 cm³/mol. The first-order valence-corrected chi connectivity index (χ1v) is 7.41. The summed E-state index contributed by atoms with van der Waals surface area (Å²) in [6.45, 7) is 1.46. The van der Waals surface area contributed by atoms with Gasteiger partial charge >= 0.3 is 5.97 Å². The molecule has 1 aromatic rings. The molecule has 7 nitrogen and oxygen atoms in total. The molecule has 0 radical (unpaired) electrons. The zero-order valence-electron chi connectivity index (χ0n) is 11.2. The second-order valence-corrected chi connectivity index (χ2v) is 6.14. The lowest BCUT2D eigenvalue weighted by Gasteiger charge is -2.14. The summed E-state index contributed by atoms with van der Waals surface area (Å²) in [6.07, 6.45) is -0.583. The number of halogens is 1. The molecule has 0 heterocycles. The van der Waals surface area contributed by atoms with E-state index >= 15 is 0 Å². The Bertz CT molecular complexity index is 660. The molecule has 0 saturated heterocycles. The lowest BCUT2D eigenvalue weighted by molar-refractivity contribution is -0.139. The van der Waals surface area contributed by atoms with E-state index in [0.29, 0.717) is 0 Å². The molecular weight excluding hydrogens is 303 g/mol. The fourth-order valence-electron chi connectivity index (χ4n) is 1.52. The number of sulfonamides is 1. The second kappa shape index (κ2) is 6.64. The van der Waals surface area contributed by atoms with Gasteiger partial charge < -0.3 is 10.8 Å². The molecule has 0 aliphatic rings. The van der Waals surface area contributed by atoms with Crippen molar-refractivity contribution < 1.29 is 27.5 Å². The summed E-state index contributed by atoms with van der Waals surface area (Å²) in [4.78, 5) is 21.2. The van der Waals surface area contributed by atoms with Gasteiger partial charge in [0.05, 0.1) is 4.90 Å². The molecule has 1 amide bonds. The average Bonchev–Trinajstić information content (AvgIpc) is 2.37. The van der Waals surface area contributed by atoms with Gasteiger partial charge in [-0.25, -0.2) is 12.8 Å².